The highest BCUT2D eigenvalue weighted by molar-refractivity contribution is 7.15. The molecule has 2 aromatic carbocycles. The Kier molecular flexibility index (Phi) is 4.60. The normalized spacial score (nSPS) is 12.8. The van der Waals surface area contributed by atoms with Gasteiger partial charge in [0.15, 0.2) is 0 Å². The van der Waals surface area contributed by atoms with Crippen molar-refractivity contribution in [3.8, 4) is 0 Å². The van der Waals surface area contributed by atoms with E-state index in [0.717, 1.165) is 24.0 Å². The van der Waals surface area contributed by atoms with Gasteiger partial charge in [0.25, 0.3) is 5.91 Å². The number of carbonyl (C=O) groups is 2. The fourth-order valence-corrected chi connectivity index (χ4v) is 4.28. The van der Waals surface area contributed by atoms with E-state index in [2.05, 4.69) is 17.5 Å². The topological polar surface area (TPSA) is 66.4 Å². The van der Waals surface area contributed by atoms with Crippen LogP contribution in [0.1, 0.15) is 43.8 Å². The zero-order valence-electron chi connectivity index (χ0n) is 14.4. The number of benzene rings is 2. The summed E-state index contributed by atoms with van der Waals surface area (Å²) in [5.41, 5.74) is 4.72. The maximum Gasteiger partial charge on any atom is 0.339 e. The molecule has 1 heterocycles. The van der Waals surface area contributed by atoms with Crippen molar-refractivity contribution >= 4 is 39.9 Å². The lowest BCUT2D eigenvalue weighted by atomic mass is 9.88. The summed E-state index contributed by atoms with van der Waals surface area (Å²) in [6, 6.07) is 16.9. The number of thiophene rings is 1. The second-order valence-electron chi connectivity index (χ2n) is 6.35. The molecule has 4 rings (SSSR count). The molecule has 27 heavy (non-hydrogen) atoms. The van der Waals surface area contributed by atoms with Crippen molar-refractivity contribution in [1.29, 1.82) is 0 Å². The molecule has 0 radical (unpaired) electrons. The van der Waals surface area contributed by atoms with Crippen LogP contribution in [0, 0.1) is 0 Å². The number of anilines is 1. The number of allylic oxidation sites excluding steroid dienone is 1. The monoisotopic (exact) mass is 375 g/mol. The molecular weight excluding hydrogens is 358 g/mol. The highest BCUT2D eigenvalue weighted by atomic mass is 32.1. The average Bonchev–Trinajstić information content (AvgIpc) is 3.12. The van der Waals surface area contributed by atoms with Gasteiger partial charge in [0, 0.05) is 16.5 Å². The second-order valence-corrected chi connectivity index (χ2v) is 7.23. The highest BCUT2D eigenvalue weighted by Crippen LogP contribution is 2.38. The Morgan fingerprint density at radius 3 is 2.48 bits per heavy atom. The van der Waals surface area contributed by atoms with Crippen LogP contribution in [0.3, 0.4) is 0 Å². The average molecular weight is 375 g/mol. The Morgan fingerprint density at radius 2 is 1.70 bits per heavy atom. The summed E-state index contributed by atoms with van der Waals surface area (Å²) < 4.78 is 0. The molecule has 1 aliphatic rings. The van der Waals surface area contributed by atoms with Crippen LogP contribution in [0.5, 0.6) is 0 Å². The van der Waals surface area contributed by atoms with Gasteiger partial charge in [-0.15, -0.1) is 11.3 Å². The molecule has 134 valence electrons. The van der Waals surface area contributed by atoms with Crippen molar-refractivity contribution < 1.29 is 14.7 Å². The van der Waals surface area contributed by atoms with Gasteiger partial charge in [-0.3, -0.25) is 4.79 Å². The number of fused-ring (bicyclic) bond motifs is 1. The molecule has 0 spiro atoms. The van der Waals surface area contributed by atoms with Gasteiger partial charge in [-0.25, -0.2) is 4.79 Å². The lowest BCUT2D eigenvalue weighted by Gasteiger charge is -2.16. The van der Waals surface area contributed by atoms with E-state index in [9.17, 15) is 14.7 Å². The number of hydrogen-bond acceptors (Lipinski definition) is 3. The maximum atomic E-state index is 12.4. The van der Waals surface area contributed by atoms with E-state index in [0.29, 0.717) is 16.1 Å². The number of aromatic carboxylic acids is 1. The second kappa shape index (κ2) is 7.21. The van der Waals surface area contributed by atoms with Gasteiger partial charge in [0.1, 0.15) is 10.6 Å². The Hall–Kier alpha value is -3.18. The van der Waals surface area contributed by atoms with Gasteiger partial charge < -0.3 is 10.4 Å². The van der Waals surface area contributed by atoms with Crippen LogP contribution in [0.2, 0.25) is 0 Å². The number of carboxylic acids is 1. The van der Waals surface area contributed by atoms with Gasteiger partial charge in [-0.2, -0.15) is 0 Å². The molecule has 0 saturated heterocycles. The lowest BCUT2D eigenvalue weighted by molar-refractivity contribution is 0.0698. The molecule has 0 atom stereocenters. The van der Waals surface area contributed by atoms with Crippen molar-refractivity contribution in [2.75, 3.05) is 5.32 Å². The van der Waals surface area contributed by atoms with Crippen molar-refractivity contribution in [1.82, 2.24) is 0 Å². The van der Waals surface area contributed by atoms with Crippen molar-refractivity contribution in [3.63, 3.8) is 0 Å². The molecule has 0 saturated carbocycles. The SMILES string of the molecule is O=C(Nc1scc(C2=Cc3ccccc3CC2)c1C(=O)O)c1ccccc1. The molecule has 5 heteroatoms. The summed E-state index contributed by atoms with van der Waals surface area (Å²) in [5, 5.41) is 14.7. The smallest absolute Gasteiger partial charge is 0.339 e. The molecule has 0 aliphatic heterocycles. The summed E-state index contributed by atoms with van der Waals surface area (Å²) in [6.07, 6.45) is 3.71. The molecular formula is C22H17NO3S. The number of rotatable bonds is 4. The number of carbonyl (C=O) groups excluding carboxylic acids is 1. The first-order valence-electron chi connectivity index (χ1n) is 8.63. The van der Waals surface area contributed by atoms with Crippen LogP contribution in [-0.4, -0.2) is 17.0 Å². The van der Waals surface area contributed by atoms with E-state index in [1.54, 1.807) is 24.3 Å². The minimum absolute atomic E-state index is 0.162. The van der Waals surface area contributed by atoms with E-state index >= 15 is 0 Å². The maximum absolute atomic E-state index is 12.4. The van der Waals surface area contributed by atoms with Crippen LogP contribution in [0.25, 0.3) is 11.6 Å². The minimum Gasteiger partial charge on any atom is -0.478 e. The van der Waals surface area contributed by atoms with E-state index in [1.165, 1.54) is 16.9 Å². The quantitative estimate of drug-likeness (QED) is 0.660. The van der Waals surface area contributed by atoms with Crippen LogP contribution < -0.4 is 5.32 Å². The standard InChI is InChI=1S/C22H17NO3S/c24-20(15-7-2-1-3-8-15)23-21-19(22(25)26)18(13-27-21)17-11-10-14-6-4-5-9-16(14)12-17/h1-9,12-13H,10-11H2,(H,23,24)(H,25,26). The van der Waals surface area contributed by atoms with E-state index in [4.69, 9.17) is 0 Å². The molecule has 4 nitrogen and oxygen atoms in total. The van der Waals surface area contributed by atoms with Gasteiger partial charge in [-0.1, -0.05) is 48.5 Å². The summed E-state index contributed by atoms with van der Waals surface area (Å²) in [7, 11) is 0. The van der Waals surface area contributed by atoms with Crippen LogP contribution >= 0.6 is 11.3 Å². The Labute approximate surface area is 160 Å². The highest BCUT2D eigenvalue weighted by Gasteiger charge is 2.24. The fourth-order valence-electron chi connectivity index (χ4n) is 3.31. The van der Waals surface area contributed by atoms with Gasteiger partial charge in [0.05, 0.1) is 0 Å². The van der Waals surface area contributed by atoms with Gasteiger partial charge in [-0.05, 0) is 41.7 Å². The van der Waals surface area contributed by atoms with Crippen molar-refractivity contribution in [2.45, 2.75) is 12.8 Å². The first-order valence-corrected chi connectivity index (χ1v) is 9.51. The van der Waals surface area contributed by atoms with Gasteiger partial charge >= 0.3 is 5.97 Å². The van der Waals surface area contributed by atoms with Crippen LogP contribution in [0.15, 0.2) is 60.0 Å². The van der Waals surface area contributed by atoms with Crippen molar-refractivity contribution in [2.24, 2.45) is 0 Å². The number of hydrogen-bond donors (Lipinski definition) is 2. The molecule has 0 fully saturated rings. The summed E-state index contributed by atoms with van der Waals surface area (Å²) in [6.45, 7) is 0. The van der Waals surface area contributed by atoms with Crippen LogP contribution in [0.4, 0.5) is 5.00 Å². The molecule has 3 aromatic rings. The van der Waals surface area contributed by atoms with E-state index in [1.807, 2.05) is 29.6 Å². The predicted octanol–water partition coefficient (Wildman–Crippen LogP) is 5.19. The zero-order valence-corrected chi connectivity index (χ0v) is 15.3. The Bertz CT molecular complexity index is 1050. The molecule has 0 unspecified atom stereocenters. The first-order chi connectivity index (χ1) is 13.1. The Balaban J connectivity index is 1.69. The lowest BCUT2D eigenvalue weighted by Crippen LogP contribution is -2.13. The third-order valence-electron chi connectivity index (χ3n) is 4.66. The van der Waals surface area contributed by atoms with E-state index < -0.39 is 5.97 Å². The molecule has 2 N–H and O–H groups in total. The number of aryl methyl sites for hydroxylation is 1. The summed E-state index contributed by atoms with van der Waals surface area (Å²) in [5.74, 6) is -1.34. The number of amides is 1. The zero-order chi connectivity index (χ0) is 18.8. The number of carboxylic acid groups (broad SMARTS) is 1. The molecule has 1 aromatic heterocycles. The van der Waals surface area contributed by atoms with E-state index in [-0.39, 0.29) is 11.5 Å². The molecule has 0 bridgehead atoms. The third kappa shape index (κ3) is 3.41. The minimum atomic E-state index is -1.03. The first kappa shape index (κ1) is 17.2. The third-order valence-corrected chi connectivity index (χ3v) is 5.56. The fraction of sp³-hybridized carbons (Fsp3) is 0.0909. The number of nitrogens with one attached hydrogen (secondary N) is 1. The molecule has 1 amide bonds. The summed E-state index contributed by atoms with van der Waals surface area (Å²) in [4.78, 5) is 24.4. The largest absolute Gasteiger partial charge is 0.478 e. The molecule has 1 aliphatic carbocycles. The van der Waals surface area contributed by atoms with Crippen LogP contribution in [-0.2, 0) is 6.42 Å². The Morgan fingerprint density at radius 1 is 0.963 bits per heavy atom. The predicted molar refractivity (Wildman–Crippen MR) is 108 cm³/mol. The van der Waals surface area contributed by atoms with Crippen molar-refractivity contribution in [3.05, 3.63) is 87.8 Å². The summed E-state index contributed by atoms with van der Waals surface area (Å²) >= 11 is 1.25. The van der Waals surface area contributed by atoms with Gasteiger partial charge in [0.2, 0.25) is 0 Å².